The maximum atomic E-state index is 12.3. The van der Waals surface area contributed by atoms with Gasteiger partial charge in [-0.2, -0.15) is 0 Å². The summed E-state index contributed by atoms with van der Waals surface area (Å²) in [4.78, 5) is 24.4. The smallest absolute Gasteiger partial charge is 0.338 e. The normalized spacial score (nSPS) is 12.4. The lowest BCUT2D eigenvalue weighted by atomic mass is 10.1. The minimum Gasteiger partial charge on any atom is -0.493 e. The molecule has 0 heterocycles. The van der Waals surface area contributed by atoms with E-state index in [1.165, 1.54) is 25.3 Å². The number of rotatable bonds is 6. The van der Waals surface area contributed by atoms with Gasteiger partial charge in [0.25, 0.3) is 0 Å². The first-order valence-electron chi connectivity index (χ1n) is 8.16. The summed E-state index contributed by atoms with van der Waals surface area (Å²) in [5.41, 5.74) is 3.37. The third-order valence-corrected chi connectivity index (χ3v) is 4.37. The van der Waals surface area contributed by atoms with Crippen LogP contribution >= 0.6 is 0 Å². The third-order valence-electron chi connectivity index (χ3n) is 4.37. The van der Waals surface area contributed by atoms with Crippen molar-refractivity contribution in [3.8, 4) is 11.5 Å². The lowest BCUT2D eigenvalue weighted by molar-refractivity contribution is 0.0474. The van der Waals surface area contributed by atoms with Crippen molar-refractivity contribution in [3.05, 3.63) is 58.7 Å². The standard InChI is InChI=1S/C20H20O5/c1-23-18-9-8-15(11-19(18)24-2)17(21)12-25-20(22)16-7-6-13-4-3-5-14(13)10-16/h6-11H,3-5,12H2,1-2H3. The molecule has 0 bridgehead atoms. The molecule has 0 unspecified atom stereocenters. The molecule has 0 atom stereocenters. The summed E-state index contributed by atoms with van der Waals surface area (Å²) >= 11 is 0. The van der Waals surface area contributed by atoms with Crippen LogP contribution in [0.25, 0.3) is 0 Å². The van der Waals surface area contributed by atoms with E-state index < -0.39 is 5.97 Å². The zero-order valence-corrected chi connectivity index (χ0v) is 14.3. The highest BCUT2D eigenvalue weighted by atomic mass is 16.5. The van der Waals surface area contributed by atoms with Gasteiger partial charge in [0.2, 0.25) is 0 Å². The first-order valence-corrected chi connectivity index (χ1v) is 8.16. The number of aryl methyl sites for hydroxylation is 2. The number of fused-ring (bicyclic) bond motifs is 1. The van der Waals surface area contributed by atoms with Crippen LogP contribution in [0.1, 0.15) is 38.3 Å². The van der Waals surface area contributed by atoms with Gasteiger partial charge in [0.05, 0.1) is 19.8 Å². The van der Waals surface area contributed by atoms with E-state index >= 15 is 0 Å². The van der Waals surface area contributed by atoms with E-state index in [0.29, 0.717) is 22.6 Å². The van der Waals surface area contributed by atoms with E-state index in [2.05, 4.69) is 0 Å². The quantitative estimate of drug-likeness (QED) is 0.597. The number of benzene rings is 2. The summed E-state index contributed by atoms with van der Waals surface area (Å²) in [5, 5.41) is 0. The Morgan fingerprint density at radius 1 is 0.880 bits per heavy atom. The van der Waals surface area contributed by atoms with Crippen LogP contribution in [-0.2, 0) is 17.6 Å². The van der Waals surface area contributed by atoms with Crippen LogP contribution in [0.4, 0.5) is 0 Å². The summed E-state index contributed by atoms with van der Waals surface area (Å²) in [5.74, 6) is 0.214. The lowest BCUT2D eigenvalue weighted by Crippen LogP contribution is -2.14. The molecule has 0 amide bonds. The van der Waals surface area contributed by atoms with Gasteiger partial charge in [0, 0.05) is 5.56 Å². The Morgan fingerprint density at radius 3 is 2.36 bits per heavy atom. The molecule has 2 aromatic carbocycles. The number of methoxy groups -OCH3 is 2. The van der Waals surface area contributed by atoms with E-state index in [-0.39, 0.29) is 12.4 Å². The topological polar surface area (TPSA) is 61.8 Å². The van der Waals surface area contributed by atoms with Crippen molar-refractivity contribution in [2.75, 3.05) is 20.8 Å². The van der Waals surface area contributed by atoms with Crippen LogP contribution in [0.2, 0.25) is 0 Å². The highest BCUT2D eigenvalue weighted by Crippen LogP contribution is 2.28. The summed E-state index contributed by atoms with van der Waals surface area (Å²) in [6.45, 7) is -0.314. The molecule has 0 aliphatic heterocycles. The second-order valence-electron chi connectivity index (χ2n) is 5.91. The molecule has 0 saturated heterocycles. The number of carbonyl (C=O) groups excluding carboxylic acids is 2. The predicted octanol–water partition coefficient (Wildman–Crippen LogP) is 3.23. The van der Waals surface area contributed by atoms with Crippen LogP contribution in [0.15, 0.2) is 36.4 Å². The monoisotopic (exact) mass is 340 g/mol. The number of ketones is 1. The Morgan fingerprint density at radius 2 is 1.60 bits per heavy atom. The molecule has 1 aliphatic carbocycles. The van der Waals surface area contributed by atoms with Gasteiger partial charge in [-0.1, -0.05) is 6.07 Å². The van der Waals surface area contributed by atoms with Gasteiger partial charge in [-0.05, 0) is 60.7 Å². The zero-order chi connectivity index (χ0) is 17.8. The molecule has 2 aromatic rings. The Bertz CT molecular complexity index is 810. The van der Waals surface area contributed by atoms with E-state index in [9.17, 15) is 9.59 Å². The van der Waals surface area contributed by atoms with Gasteiger partial charge in [0.1, 0.15) is 0 Å². The van der Waals surface area contributed by atoms with Crippen LogP contribution in [0.5, 0.6) is 11.5 Å². The van der Waals surface area contributed by atoms with Crippen LogP contribution in [0, 0.1) is 0 Å². The molecule has 0 fully saturated rings. The highest BCUT2D eigenvalue weighted by molar-refractivity contribution is 5.99. The fourth-order valence-electron chi connectivity index (χ4n) is 3.01. The largest absolute Gasteiger partial charge is 0.493 e. The second-order valence-corrected chi connectivity index (χ2v) is 5.91. The van der Waals surface area contributed by atoms with E-state index in [1.807, 2.05) is 12.1 Å². The van der Waals surface area contributed by atoms with Crippen molar-refractivity contribution in [2.45, 2.75) is 19.3 Å². The Kier molecular flexibility index (Phi) is 5.03. The van der Waals surface area contributed by atoms with Crippen LogP contribution in [0.3, 0.4) is 0 Å². The predicted molar refractivity (Wildman–Crippen MR) is 92.6 cm³/mol. The lowest BCUT2D eigenvalue weighted by Gasteiger charge is -2.09. The molecule has 0 radical (unpaired) electrons. The van der Waals surface area contributed by atoms with Crippen molar-refractivity contribution in [3.63, 3.8) is 0 Å². The summed E-state index contributed by atoms with van der Waals surface area (Å²) in [7, 11) is 3.03. The number of Topliss-reactive ketones (excluding diaryl/α,β-unsaturated/α-hetero) is 1. The van der Waals surface area contributed by atoms with Gasteiger partial charge in [0.15, 0.2) is 23.9 Å². The van der Waals surface area contributed by atoms with Crippen molar-refractivity contribution in [1.82, 2.24) is 0 Å². The molecule has 1 aliphatic rings. The first-order chi connectivity index (χ1) is 12.1. The number of esters is 1. The Labute approximate surface area is 146 Å². The number of hydrogen-bond acceptors (Lipinski definition) is 5. The van der Waals surface area contributed by atoms with Crippen molar-refractivity contribution >= 4 is 11.8 Å². The molecular formula is C20H20O5. The number of ether oxygens (including phenoxy) is 3. The van der Waals surface area contributed by atoms with Crippen molar-refractivity contribution < 1.29 is 23.8 Å². The average molecular weight is 340 g/mol. The second kappa shape index (κ2) is 7.38. The fraction of sp³-hybridized carbons (Fsp3) is 0.300. The molecule has 130 valence electrons. The SMILES string of the molecule is COc1ccc(C(=O)COC(=O)c2ccc3c(c2)CCC3)cc1OC. The molecule has 25 heavy (non-hydrogen) atoms. The molecule has 0 aromatic heterocycles. The average Bonchev–Trinajstić information content (AvgIpc) is 3.12. The molecule has 0 saturated carbocycles. The van der Waals surface area contributed by atoms with Crippen molar-refractivity contribution in [2.24, 2.45) is 0 Å². The minimum atomic E-state index is -0.483. The van der Waals surface area contributed by atoms with Gasteiger partial charge in [-0.15, -0.1) is 0 Å². The minimum absolute atomic E-state index is 0.296. The van der Waals surface area contributed by atoms with Gasteiger partial charge >= 0.3 is 5.97 Å². The van der Waals surface area contributed by atoms with E-state index in [0.717, 1.165) is 19.3 Å². The fourth-order valence-corrected chi connectivity index (χ4v) is 3.01. The molecule has 3 rings (SSSR count). The maximum Gasteiger partial charge on any atom is 0.338 e. The first kappa shape index (κ1) is 17.0. The summed E-state index contributed by atoms with van der Waals surface area (Å²) in [6.07, 6.45) is 3.16. The zero-order valence-electron chi connectivity index (χ0n) is 14.3. The summed E-state index contributed by atoms with van der Waals surface area (Å²) < 4.78 is 15.5. The molecule has 0 N–H and O–H groups in total. The maximum absolute atomic E-state index is 12.3. The van der Waals surface area contributed by atoms with Gasteiger partial charge in [-0.3, -0.25) is 4.79 Å². The van der Waals surface area contributed by atoms with Crippen molar-refractivity contribution in [1.29, 1.82) is 0 Å². The molecule has 5 nitrogen and oxygen atoms in total. The van der Waals surface area contributed by atoms with Gasteiger partial charge < -0.3 is 14.2 Å². The van der Waals surface area contributed by atoms with E-state index in [1.54, 1.807) is 24.3 Å². The molecule has 5 heteroatoms. The third kappa shape index (κ3) is 3.65. The van der Waals surface area contributed by atoms with E-state index in [4.69, 9.17) is 14.2 Å². The number of carbonyl (C=O) groups is 2. The molecule has 0 spiro atoms. The van der Waals surface area contributed by atoms with Crippen LogP contribution < -0.4 is 9.47 Å². The Hall–Kier alpha value is -2.82. The summed E-state index contributed by atoms with van der Waals surface area (Å²) in [6, 6.07) is 10.4. The highest BCUT2D eigenvalue weighted by Gasteiger charge is 2.17. The molecular weight excluding hydrogens is 320 g/mol. The Balaban J connectivity index is 1.65. The van der Waals surface area contributed by atoms with Crippen LogP contribution in [-0.4, -0.2) is 32.6 Å². The number of hydrogen-bond donors (Lipinski definition) is 0. The van der Waals surface area contributed by atoms with Gasteiger partial charge in [-0.25, -0.2) is 4.79 Å².